The molecular formula is C45H31N3. The van der Waals surface area contributed by atoms with Crippen LogP contribution in [-0.4, -0.2) is 9.13 Å². The fraction of sp³-hybridized carbons (Fsp3) is 0.0667. The minimum absolute atomic E-state index is 0.207. The molecule has 0 spiro atoms. The van der Waals surface area contributed by atoms with Crippen molar-refractivity contribution >= 4 is 60.7 Å². The van der Waals surface area contributed by atoms with E-state index in [0.717, 1.165) is 17.1 Å². The first kappa shape index (κ1) is 26.9. The van der Waals surface area contributed by atoms with E-state index in [1.54, 1.807) is 0 Å². The summed E-state index contributed by atoms with van der Waals surface area (Å²) in [5, 5.41) is 5.01. The molecule has 0 atom stereocenters. The number of anilines is 3. The predicted octanol–water partition coefficient (Wildman–Crippen LogP) is 11.6. The summed E-state index contributed by atoms with van der Waals surface area (Å²) < 4.78 is 4.95. The Morgan fingerprint density at radius 1 is 0.521 bits per heavy atom. The van der Waals surface area contributed by atoms with Crippen molar-refractivity contribution in [1.29, 1.82) is 0 Å². The summed E-state index contributed by atoms with van der Waals surface area (Å²) in [6, 6.07) is 61.3. The second-order valence-electron chi connectivity index (χ2n) is 13.3. The lowest BCUT2D eigenvalue weighted by Gasteiger charge is -2.35. The van der Waals surface area contributed by atoms with Gasteiger partial charge in [-0.05, 0) is 90.0 Å². The first-order valence-corrected chi connectivity index (χ1v) is 16.5. The van der Waals surface area contributed by atoms with Gasteiger partial charge in [-0.1, -0.05) is 98.8 Å². The van der Waals surface area contributed by atoms with Crippen LogP contribution in [0.15, 0.2) is 152 Å². The molecular weight excluding hydrogens is 583 g/mol. The minimum atomic E-state index is -0.207. The van der Waals surface area contributed by atoms with Crippen LogP contribution in [0.3, 0.4) is 0 Å². The van der Waals surface area contributed by atoms with E-state index in [0.29, 0.717) is 0 Å². The predicted molar refractivity (Wildman–Crippen MR) is 200 cm³/mol. The van der Waals surface area contributed by atoms with Crippen LogP contribution >= 0.6 is 0 Å². The van der Waals surface area contributed by atoms with Crippen LogP contribution < -0.4 is 4.90 Å². The van der Waals surface area contributed by atoms with Crippen molar-refractivity contribution in [3.05, 3.63) is 175 Å². The standard InChI is InChI=1S/C45H31N3/c1-45(2)38-21-11-14-24-43(38)48-42-26-25-32(46(30-15-5-3-6-16-30)31-17-7-4-8-18-31)27-36(42)37-28-33(29-39(45)44(37)48)47-40-22-12-9-19-34(40)35-20-10-13-23-41(35)47/h3-7,9-17,19-29H,1-2H3. The van der Waals surface area contributed by atoms with E-state index in [9.17, 15) is 0 Å². The zero-order valence-electron chi connectivity index (χ0n) is 26.8. The summed E-state index contributed by atoms with van der Waals surface area (Å²) >= 11 is 0. The van der Waals surface area contributed by atoms with Crippen molar-refractivity contribution in [2.45, 2.75) is 19.3 Å². The lowest BCUT2D eigenvalue weighted by molar-refractivity contribution is 0.630. The van der Waals surface area contributed by atoms with Crippen LogP contribution in [0, 0.1) is 12.1 Å². The monoisotopic (exact) mass is 613 g/mol. The Morgan fingerprint density at radius 2 is 1.21 bits per heavy atom. The Balaban J connectivity index is 1.33. The number of hydrogen-bond donors (Lipinski definition) is 0. The first-order valence-electron chi connectivity index (χ1n) is 16.5. The van der Waals surface area contributed by atoms with Gasteiger partial charge in [0.2, 0.25) is 0 Å². The molecule has 0 amide bonds. The maximum absolute atomic E-state index is 3.36. The van der Waals surface area contributed by atoms with Crippen LogP contribution in [0.4, 0.5) is 17.1 Å². The van der Waals surface area contributed by atoms with Gasteiger partial charge in [0, 0.05) is 44.0 Å². The fourth-order valence-electron chi connectivity index (χ4n) is 8.14. The number of fused-ring (bicyclic) bond motifs is 8. The number of rotatable bonds is 4. The number of aromatic nitrogens is 2. The van der Waals surface area contributed by atoms with E-state index in [2.05, 4.69) is 180 Å². The molecule has 2 aromatic heterocycles. The van der Waals surface area contributed by atoms with E-state index in [1.165, 1.54) is 66.1 Å². The average molecular weight is 614 g/mol. The number of benzene rings is 6. The SMILES string of the molecule is CC1(C)c2ccccc2-n2c3ccc(N(c4c#cccc4)c4ccccc4)cc3c3cc(-n4c5ccccc5c5ccccc54)cc1c32. The zero-order chi connectivity index (χ0) is 32.0. The summed E-state index contributed by atoms with van der Waals surface area (Å²) in [7, 11) is 0. The molecule has 0 saturated heterocycles. The molecule has 0 N–H and O–H groups in total. The lowest BCUT2D eigenvalue weighted by Crippen LogP contribution is -2.26. The highest BCUT2D eigenvalue weighted by Gasteiger charge is 2.36. The van der Waals surface area contributed by atoms with Gasteiger partial charge in [-0.25, -0.2) is 0 Å². The van der Waals surface area contributed by atoms with Gasteiger partial charge in [0.1, 0.15) is 0 Å². The maximum Gasteiger partial charge on any atom is 0.0973 e. The van der Waals surface area contributed by atoms with Gasteiger partial charge in [-0.15, -0.1) is 0 Å². The van der Waals surface area contributed by atoms with Crippen LogP contribution in [0.1, 0.15) is 25.0 Å². The van der Waals surface area contributed by atoms with Crippen molar-refractivity contribution in [3.63, 3.8) is 0 Å². The van der Waals surface area contributed by atoms with Gasteiger partial charge in [0.05, 0.1) is 33.4 Å². The number of nitrogens with zero attached hydrogens (tertiary/aromatic N) is 3. The van der Waals surface area contributed by atoms with Crippen molar-refractivity contribution in [2.24, 2.45) is 0 Å². The van der Waals surface area contributed by atoms with Crippen molar-refractivity contribution in [3.8, 4) is 11.4 Å². The third-order valence-electron chi connectivity index (χ3n) is 10.3. The van der Waals surface area contributed by atoms with Gasteiger partial charge in [0.15, 0.2) is 0 Å². The van der Waals surface area contributed by atoms with E-state index in [4.69, 9.17) is 0 Å². The van der Waals surface area contributed by atoms with Gasteiger partial charge < -0.3 is 14.0 Å². The maximum atomic E-state index is 3.36. The largest absolute Gasteiger partial charge is 0.309 e. The van der Waals surface area contributed by atoms with Crippen LogP contribution in [0.2, 0.25) is 0 Å². The summed E-state index contributed by atoms with van der Waals surface area (Å²) in [5.74, 6) is 0. The Labute approximate surface area is 279 Å². The quantitative estimate of drug-likeness (QED) is 0.192. The molecule has 3 nitrogen and oxygen atoms in total. The topological polar surface area (TPSA) is 13.1 Å². The highest BCUT2D eigenvalue weighted by atomic mass is 15.1. The molecule has 0 saturated carbocycles. The van der Waals surface area contributed by atoms with Crippen LogP contribution in [-0.2, 0) is 5.41 Å². The second kappa shape index (κ2) is 9.88. The average Bonchev–Trinajstić information content (AvgIpc) is 3.65. The molecule has 226 valence electrons. The fourth-order valence-corrected chi connectivity index (χ4v) is 8.14. The van der Waals surface area contributed by atoms with Crippen molar-refractivity contribution in [2.75, 3.05) is 4.90 Å². The highest BCUT2D eigenvalue weighted by molar-refractivity contribution is 6.14. The molecule has 1 aliphatic heterocycles. The van der Waals surface area contributed by atoms with Gasteiger partial charge >= 0.3 is 0 Å². The molecule has 10 rings (SSSR count). The highest BCUT2D eigenvalue weighted by Crippen LogP contribution is 2.50. The molecule has 3 heteroatoms. The Bertz CT molecular complexity index is 2600. The zero-order valence-corrected chi connectivity index (χ0v) is 26.8. The molecule has 3 heterocycles. The molecule has 48 heavy (non-hydrogen) atoms. The molecule has 0 fully saturated rings. The molecule has 1 aliphatic rings. The van der Waals surface area contributed by atoms with E-state index >= 15 is 0 Å². The van der Waals surface area contributed by atoms with E-state index < -0.39 is 0 Å². The minimum Gasteiger partial charge on any atom is -0.309 e. The van der Waals surface area contributed by atoms with Crippen molar-refractivity contribution in [1.82, 2.24) is 9.13 Å². The molecule has 0 bridgehead atoms. The van der Waals surface area contributed by atoms with Gasteiger partial charge in [-0.2, -0.15) is 0 Å². The van der Waals surface area contributed by atoms with Crippen LogP contribution in [0.5, 0.6) is 0 Å². The third kappa shape index (κ3) is 3.66. The first-order chi connectivity index (χ1) is 23.6. The van der Waals surface area contributed by atoms with E-state index in [1.807, 2.05) is 12.1 Å². The lowest BCUT2D eigenvalue weighted by atomic mass is 9.74. The molecule has 0 radical (unpaired) electrons. The smallest absolute Gasteiger partial charge is 0.0973 e. The Morgan fingerprint density at radius 3 is 1.96 bits per heavy atom. The molecule has 0 aliphatic carbocycles. The molecule has 7 aromatic carbocycles. The van der Waals surface area contributed by atoms with E-state index in [-0.39, 0.29) is 5.41 Å². The van der Waals surface area contributed by atoms with Gasteiger partial charge in [-0.3, -0.25) is 0 Å². The summed E-state index contributed by atoms with van der Waals surface area (Å²) in [5.41, 5.74) is 12.9. The van der Waals surface area contributed by atoms with Crippen molar-refractivity contribution < 1.29 is 0 Å². The molecule has 9 aromatic rings. The summed E-state index contributed by atoms with van der Waals surface area (Å²) in [4.78, 5) is 2.27. The molecule has 0 unspecified atom stereocenters. The number of hydrogen-bond acceptors (Lipinski definition) is 1. The number of para-hydroxylation sites is 4. The normalized spacial score (nSPS) is 13.2. The summed E-state index contributed by atoms with van der Waals surface area (Å²) in [6.07, 6.45) is 0. The second-order valence-corrected chi connectivity index (χ2v) is 13.3. The Kier molecular flexibility index (Phi) is 5.54. The third-order valence-corrected chi connectivity index (χ3v) is 10.3. The summed E-state index contributed by atoms with van der Waals surface area (Å²) in [6.45, 7) is 4.75. The van der Waals surface area contributed by atoms with Gasteiger partial charge in [0.25, 0.3) is 0 Å². The van der Waals surface area contributed by atoms with Crippen LogP contribution in [0.25, 0.3) is 55.0 Å². The Hall–Kier alpha value is -6.24.